The molecule has 0 unspecified atom stereocenters. The Kier molecular flexibility index (Phi) is 6.66. The summed E-state index contributed by atoms with van der Waals surface area (Å²) in [7, 11) is 0. The molecule has 1 fully saturated rings. The molecule has 0 radical (unpaired) electrons. The lowest BCUT2D eigenvalue weighted by molar-refractivity contribution is -0.140. The Bertz CT molecular complexity index is 1190. The number of hydrogen-bond donors (Lipinski definition) is 1. The van der Waals surface area contributed by atoms with Gasteiger partial charge in [-0.25, -0.2) is 28.2 Å². The van der Waals surface area contributed by atoms with Gasteiger partial charge < -0.3 is 14.7 Å². The highest BCUT2D eigenvalue weighted by molar-refractivity contribution is 5.78. The van der Waals surface area contributed by atoms with E-state index in [2.05, 4.69) is 19.8 Å². The molecule has 12 heteroatoms. The predicted molar refractivity (Wildman–Crippen MR) is 113 cm³/mol. The van der Waals surface area contributed by atoms with Crippen molar-refractivity contribution in [3.63, 3.8) is 0 Å². The molecule has 1 aliphatic rings. The average molecular weight is 479 g/mol. The number of alkyl halides is 2. The van der Waals surface area contributed by atoms with Crippen LogP contribution >= 0.6 is 0 Å². The van der Waals surface area contributed by atoms with Crippen LogP contribution in [0.1, 0.15) is 25.3 Å². The second-order valence-electron chi connectivity index (χ2n) is 7.96. The Morgan fingerprint density at radius 3 is 2.74 bits per heavy atom. The van der Waals surface area contributed by atoms with Crippen LogP contribution in [0.5, 0.6) is 5.88 Å². The maximum absolute atomic E-state index is 14.7. The summed E-state index contributed by atoms with van der Waals surface area (Å²) < 4.78 is 60.2. The van der Waals surface area contributed by atoms with Gasteiger partial charge >= 0.3 is 12.6 Å². The summed E-state index contributed by atoms with van der Waals surface area (Å²) in [5, 5.41) is 13.8. The number of nitrogens with zero attached hydrogens (tertiary/aromatic N) is 5. The monoisotopic (exact) mass is 479 g/mol. The van der Waals surface area contributed by atoms with Crippen LogP contribution in [-0.2, 0) is 11.3 Å². The third kappa shape index (κ3) is 4.80. The van der Waals surface area contributed by atoms with Gasteiger partial charge in [0.25, 0.3) is 0 Å². The number of ether oxygens (including phenoxy) is 1. The molecule has 1 N–H and O–H groups in total. The number of carboxylic acids is 1. The molecule has 1 saturated heterocycles. The normalized spacial score (nSPS) is 18.4. The van der Waals surface area contributed by atoms with Crippen LogP contribution in [0.4, 0.5) is 23.4 Å². The van der Waals surface area contributed by atoms with Crippen LogP contribution in [0.3, 0.4) is 0 Å². The lowest BCUT2D eigenvalue weighted by atomic mass is 9.91. The van der Waals surface area contributed by atoms with E-state index in [1.54, 1.807) is 13.0 Å². The van der Waals surface area contributed by atoms with E-state index in [0.717, 1.165) is 16.9 Å². The first-order chi connectivity index (χ1) is 16.2. The first kappa shape index (κ1) is 23.5. The summed E-state index contributed by atoms with van der Waals surface area (Å²) in [5.41, 5.74) is 0.161. The lowest BCUT2D eigenvalue weighted by Crippen LogP contribution is -2.50. The quantitative estimate of drug-likeness (QED) is 0.513. The molecular formula is C22H21F4N5O3. The summed E-state index contributed by atoms with van der Waals surface area (Å²) in [6.07, 6.45) is 2.19. The van der Waals surface area contributed by atoms with Crippen LogP contribution in [0.25, 0.3) is 11.5 Å². The minimum Gasteiger partial charge on any atom is -0.480 e. The van der Waals surface area contributed by atoms with Gasteiger partial charge in [-0.05, 0) is 24.8 Å². The van der Waals surface area contributed by atoms with E-state index < -0.39 is 30.3 Å². The number of hydrogen-bond acceptors (Lipinski definition) is 6. The molecule has 2 atom stereocenters. The van der Waals surface area contributed by atoms with Crippen molar-refractivity contribution < 1.29 is 32.2 Å². The zero-order chi connectivity index (χ0) is 24.4. The number of carboxylic acid groups (broad SMARTS) is 1. The maximum atomic E-state index is 14.7. The third-order valence-electron chi connectivity index (χ3n) is 5.64. The van der Waals surface area contributed by atoms with Crippen molar-refractivity contribution in [2.75, 3.05) is 11.4 Å². The van der Waals surface area contributed by atoms with Gasteiger partial charge in [0, 0.05) is 18.2 Å². The smallest absolute Gasteiger partial charge is 0.388 e. The second kappa shape index (κ2) is 9.65. The van der Waals surface area contributed by atoms with Gasteiger partial charge in [0.05, 0.1) is 12.7 Å². The SMILES string of the molecule is C[C@H]1CCCN(c2nc(-c3cc(OC(F)F)n(Cc4ccccc4F)n3)ncc2F)[C@H]1C(=O)O. The molecule has 0 aliphatic carbocycles. The summed E-state index contributed by atoms with van der Waals surface area (Å²) in [6, 6.07) is 5.92. The standard InChI is InChI=1S/C22H21F4N5O3/c1-12-5-4-8-30(18(12)21(32)33)20-15(24)10-27-19(28-20)16-9-17(34-22(25)26)31(29-16)11-13-6-2-3-7-14(13)23/h2-3,6-7,9-10,12,18,22H,4-5,8,11H2,1H3,(H,32,33)/t12-,18+/m0/s1. The molecule has 0 amide bonds. The minimum atomic E-state index is -3.17. The fourth-order valence-electron chi connectivity index (χ4n) is 4.08. The molecule has 180 valence electrons. The first-order valence-corrected chi connectivity index (χ1v) is 10.5. The average Bonchev–Trinajstić information content (AvgIpc) is 3.16. The topological polar surface area (TPSA) is 93.4 Å². The highest BCUT2D eigenvalue weighted by Crippen LogP contribution is 2.31. The number of anilines is 1. The highest BCUT2D eigenvalue weighted by atomic mass is 19.3. The van der Waals surface area contributed by atoms with Gasteiger partial charge in [0.15, 0.2) is 17.5 Å². The summed E-state index contributed by atoms with van der Waals surface area (Å²) in [6.45, 7) is -1.34. The first-order valence-electron chi connectivity index (χ1n) is 10.5. The Morgan fingerprint density at radius 2 is 2.03 bits per heavy atom. The molecule has 3 heterocycles. The molecular weight excluding hydrogens is 458 g/mol. The number of aromatic nitrogens is 4. The van der Waals surface area contributed by atoms with Crippen molar-refractivity contribution in [2.24, 2.45) is 5.92 Å². The van der Waals surface area contributed by atoms with E-state index in [1.807, 2.05) is 0 Å². The molecule has 1 aromatic carbocycles. The van der Waals surface area contributed by atoms with E-state index in [1.165, 1.54) is 23.1 Å². The van der Waals surface area contributed by atoms with Gasteiger partial charge in [-0.15, -0.1) is 0 Å². The number of piperidine rings is 1. The fraction of sp³-hybridized carbons (Fsp3) is 0.364. The summed E-state index contributed by atoms with van der Waals surface area (Å²) in [5.74, 6) is -3.42. The largest absolute Gasteiger partial charge is 0.480 e. The molecule has 0 spiro atoms. The Labute approximate surface area is 191 Å². The number of aliphatic carboxylic acids is 1. The van der Waals surface area contributed by atoms with Crippen molar-refractivity contribution >= 4 is 11.8 Å². The van der Waals surface area contributed by atoms with Crippen molar-refractivity contribution in [3.05, 3.63) is 53.7 Å². The number of benzene rings is 1. The van der Waals surface area contributed by atoms with Crippen molar-refractivity contribution in [3.8, 4) is 17.4 Å². The molecule has 34 heavy (non-hydrogen) atoms. The van der Waals surface area contributed by atoms with Crippen LogP contribution in [0, 0.1) is 17.6 Å². The third-order valence-corrected chi connectivity index (χ3v) is 5.64. The molecule has 1 aliphatic heterocycles. The van der Waals surface area contributed by atoms with Crippen LogP contribution in [0.15, 0.2) is 36.5 Å². The predicted octanol–water partition coefficient (Wildman–Crippen LogP) is 3.96. The van der Waals surface area contributed by atoms with Crippen LogP contribution in [0.2, 0.25) is 0 Å². The zero-order valence-electron chi connectivity index (χ0n) is 18.0. The lowest BCUT2D eigenvalue weighted by Gasteiger charge is -2.38. The van der Waals surface area contributed by atoms with Gasteiger partial charge in [-0.1, -0.05) is 25.1 Å². The zero-order valence-corrected chi connectivity index (χ0v) is 18.0. The Morgan fingerprint density at radius 1 is 1.26 bits per heavy atom. The van der Waals surface area contributed by atoms with Gasteiger partial charge in [0.1, 0.15) is 17.6 Å². The molecule has 0 saturated carbocycles. The summed E-state index contributed by atoms with van der Waals surface area (Å²) >= 11 is 0. The Hall–Kier alpha value is -3.70. The van der Waals surface area contributed by atoms with E-state index in [4.69, 9.17) is 0 Å². The van der Waals surface area contributed by atoms with Crippen molar-refractivity contribution in [1.82, 2.24) is 19.7 Å². The van der Waals surface area contributed by atoms with Crippen LogP contribution in [-0.4, -0.2) is 50.0 Å². The fourth-order valence-corrected chi connectivity index (χ4v) is 4.08. The van der Waals surface area contributed by atoms with Gasteiger partial charge in [0.2, 0.25) is 5.88 Å². The van der Waals surface area contributed by atoms with Gasteiger partial charge in [-0.2, -0.15) is 13.9 Å². The Balaban J connectivity index is 1.72. The highest BCUT2D eigenvalue weighted by Gasteiger charge is 2.36. The molecule has 8 nitrogen and oxygen atoms in total. The minimum absolute atomic E-state index is 0.0230. The molecule has 3 aromatic rings. The van der Waals surface area contributed by atoms with E-state index in [0.29, 0.717) is 12.8 Å². The van der Waals surface area contributed by atoms with E-state index in [9.17, 15) is 27.5 Å². The van der Waals surface area contributed by atoms with E-state index >= 15 is 0 Å². The second-order valence-corrected chi connectivity index (χ2v) is 7.96. The number of halogens is 4. The van der Waals surface area contributed by atoms with Crippen molar-refractivity contribution in [1.29, 1.82) is 0 Å². The summed E-state index contributed by atoms with van der Waals surface area (Å²) in [4.78, 5) is 21.3. The number of rotatable bonds is 7. The number of carbonyl (C=O) groups is 1. The molecule has 2 aromatic heterocycles. The maximum Gasteiger partial charge on any atom is 0.388 e. The van der Waals surface area contributed by atoms with Crippen molar-refractivity contribution in [2.45, 2.75) is 39.0 Å². The van der Waals surface area contributed by atoms with Crippen LogP contribution < -0.4 is 9.64 Å². The van der Waals surface area contributed by atoms with E-state index in [-0.39, 0.29) is 47.8 Å². The van der Waals surface area contributed by atoms with Gasteiger partial charge in [-0.3, -0.25) is 0 Å². The molecule has 0 bridgehead atoms. The molecule has 4 rings (SSSR count).